The number of sulfone groups is 1. The molecule has 1 heterocycles. The van der Waals surface area contributed by atoms with Gasteiger partial charge in [0.2, 0.25) is 0 Å². The van der Waals surface area contributed by atoms with Crippen molar-refractivity contribution in [2.24, 2.45) is 0 Å². The first-order valence-electron chi connectivity index (χ1n) is 5.03. The molecule has 0 aliphatic rings. The van der Waals surface area contributed by atoms with Gasteiger partial charge in [-0.05, 0) is 34.2 Å². The molecule has 1 aromatic heterocycles. The van der Waals surface area contributed by atoms with Crippen LogP contribution in [0.3, 0.4) is 0 Å². The number of aromatic nitrogens is 2. The third-order valence-electron chi connectivity index (χ3n) is 2.50. The zero-order valence-corrected chi connectivity index (χ0v) is 12.6. The number of fused-ring (bicyclic) bond motifs is 1. The van der Waals surface area contributed by atoms with Gasteiger partial charge in [0.1, 0.15) is 15.7 Å². The van der Waals surface area contributed by atoms with E-state index in [9.17, 15) is 12.8 Å². The molecule has 0 aliphatic heterocycles. The van der Waals surface area contributed by atoms with Crippen molar-refractivity contribution in [1.82, 2.24) is 9.55 Å². The Labute approximate surface area is 117 Å². The van der Waals surface area contributed by atoms with Crippen LogP contribution in [-0.2, 0) is 16.4 Å². The smallest absolute Gasteiger partial charge is 0.178 e. The first-order chi connectivity index (χ1) is 8.28. The molecule has 98 valence electrons. The molecule has 0 atom stereocenters. The topological polar surface area (TPSA) is 54.9 Å². The summed E-state index contributed by atoms with van der Waals surface area (Å²) in [6, 6.07) is 2.91. The fraction of sp³-hybridized carbons (Fsp3) is 0.300. The highest BCUT2D eigenvalue weighted by Gasteiger charge is 2.10. The Bertz CT molecular complexity index is 764. The van der Waals surface area contributed by atoms with Gasteiger partial charge in [-0.2, -0.15) is 0 Å². The minimum absolute atomic E-state index is 0.0107. The molecule has 18 heavy (non-hydrogen) atoms. The average Bonchev–Trinajstić information content (AvgIpc) is 2.51. The number of aromatic amines is 1. The summed E-state index contributed by atoms with van der Waals surface area (Å²) in [4.78, 5) is 2.85. The summed E-state index contributed by atoms with van der Waals surface area (Å²) in [5.41, 5.74) is 1.23. The van der Waals surface area contributed by atoms with Gasteiger partial charge in [0.25, 0.3) is 0 Å². The highest BCUT2D eigenvalue weighted by molar-refractivity contribution is 9.10. The van der Waals surface area contributed by atoms with Crippen molar-refractivity contribution < 1.29 is 12.8 Å². The predicted molar refractivity (Wildman–Crippen MR) is 74.5 cm³/mol. The van der Waals surface area contributed by atoms with Gasteiger partial charge in [0.15, 0.2) is 4.77 Å². The molecule has 0 spiro atoms. The molecule has 0 aliphatic carbocycles. The number of halogens is 2. The second-order valence-electron chi connectivity index (χ2n) is 4.00. The molecule has 0 unspecified atom stereocenters. The maximum Gasteiger partial charge on any atom is 0.178 e. The van der Waals surface area contributed by atoms with Crippen molar-refractivity contribution in [3.63, 3.8) is 0 Å². The quantitative estimate of drug-likeness (QED) is 0.864. The van der Waals surface area contributed by atoms with Crippen LogP contribution >= 0.6 is 28.1 Å². The van der Waals surface area contributed by atoms with E-state index in [1.165, 1.54) is 12.3 Å². The maximum absolute atomic E-state index is 13.4. The Morgan fingerprint density at radius 2 is 2.17 bits per heavy atom. The Kier molecular flexibility index (Phi) is 3.61. The predicted octanol–water partition coefficient (Wildman–Crippen LogP) is 2.65. The molecule has 8 heteroatoms. The summed E-state index contributed by atoms with van der Waals surface area (Å²) in [5.74, 6) is -0.405. The minimum Gasteiger partial charge on any atom is -0.330 e. The molecule has 2 rings (SSSR count). The first-order valence-corrected chi connectivity index (χ1v) is 8.29. The lowest BCUT2D eigenvalue weighted by molar-refractivity contribution is 0.595. The van der Waals surface area contributed by atoms with Crippen molar-refractivity contribution in [3.8, 4) is 0 Å². The van der Waals surface area contributed by atoms with Crippen molar-refractivity contribution >= 4 is 49.0 Å². The summed E-state index contributed by atoms with van der Waals surface area (Å²) >= 11 is 8.20. The number of nitrogens with one attached hydrogen (secondary N) is 1. The Hall–Kier alpha value is -0.730. The van der Waals surface area contributed by atoms with E-state index < -0.39 is 15.7 Å². The van der Waals surface area contributed by atoms with Crippen LogP contribution in [0.1, 0.15) is 0 Å². The Morgan fingerprint density at radius 1 is 1.50 bits per heavy atom. The van der Waals surface area contributed by atoms with Crippen LogP contribution < -0.4 is 0 Å². The minimum atomic E-state index is -3.07. The van der Waals surface area contributed by atoms with E-state index in [-0.39, 0.29) is 12.3 Å². The number of H-pyrrole nitrogens is 1. The number of benzene rings is 1. The summed E-state index contributed by atoms with van der Waals surface area (Å²) in [5, 5.41) is 0. The van der Waals surface area contributed by atoms with E-state index in [2.05, 4.69) is 20.9 Å². The van der Waals surface area contributed by atoms with E-state index in [1.807, 2.05) is 0 Å². The monoisotopic (exact) mass is 352 g/mol. The van der Waals surface area contributed by atoms with E-state index in [0.29, 0.717) is 20.3 Å². The maximum atomic E-state index is 13.4. The Balaban J connectivity index is 2.54. The summed E-state index contributed by atoms with van der Waals surface area (Å²) in [6.07, 6.45) is 1.17. The standard InChI is InChI=1S/C10H10BrFN2O2S2/c1-18(15,16)3-2-14-9-4-6(11)7(12)5-8(9)13-10(14)17/h4-5H,2-3H2,1H3,(H,13,17). The first kappa shape index (κ1) is 13.7. The van der Waals surface area contributed by atoms with Crippen LogP contribution in [0.2, 0.25) is 0 Å². The average molecular weight is 353 g/mol. The molecule has 1 N–H and O–H groups in total. The number of rotatable bonds is 3. The van der Waals surface area contributed by atoms with Gasteiger partial charge in [-0.25, -0.2) is 12.8 Å². The molecule has 0 fully saturated rings. The third kappa shape index (κ3) is 2.81. The van der Waals surface area contributed by atoms with Gasteiger partial charge in [0.05, 0.1) is 21.3 Å². The van der Waals surface area contributed by atoms with Crippen LogP contribution in [0.5, 0.6) is 0 Å². The van der Waals surface area contributed by atoms with Gasteiger partial charge in [-0.3, -0.25) is 0 Å². The van der Waals surface area contributed by atoms with Crippen molar-refractivity contribution in [2.45, 2.75) is 6.54 Å². The number of aryl methyl sites for hydroxylation is 1. The number of hydrogen-bond acceptors (Lipinski definition) is 3. The highest BCUT2D eigenvalue weighted by Crippen LogP contribution is 2.23. The van der Waals surface area contributed by atoms with Gasteiger partial charge < -0.3 is 9.55 Å². The SMILES string of the molecule is CS(=O)(=O)CCn1c(=S)[nH]c2cc(F)c(Br)cc21. The lowest BCUT2D eigenvalue weighted by Crippen LogP contribution is -2.11. The number of nitrogens with zero attached hydrogens (tertiary/aromatic N) is 1. The van der Waals surface area contributed by atoms with E-state index in [0.717, 1.165) is 0 Å². The van der Waals surface area contributed by atoms with Crippen LogP contribution in [0, 0.1) is 10.6 Å². The molecule has 4 nitrogen and oxygen atoms in total. The molecule has 0 radical (unpaired) electrons. The second-order valence-corrected chi connectivity index (χ2v) is 7.50. The van der Waals surface area contributed by atoms with Crippen LogP contribution in [0.4, 0.5) is 4.39 Å². The highest BCUT2D eigenvalue weighted by atomic mass is 79.9. The van der Waals surface area contributed by atoms with Gasteiger partial charge in [-0.1, -0.05) is 0 Å². The zero-order chi connectivity index (χ0) is 13.5. The number of imidazole rings is 1. The lowest BCUT2D eigenvalue weighted by atomic mass is 10.3. The largest absolute Gasteiger partial charge is 0.330 e. The van der Waals surface area contributed by atoms with E-state index >= 15 is 0 Å². The van der Waals surface area contributed by atoms with Crippen molar-refractivity contribution in [2.75, 3.05) is 12.0 Å². The van der Waals surface area contributed by atoms with Crippen molar-refractivity contribution in [1.29, 1.82) is 0 Å². The molecule has 0 bridgehead atoms. The number of hydrogen-bond donors (Lipinski definition) is 1. The molecular formula is C10H10BrFN2O2S2. The molecule has 1 aromatic carbocycles. The molecule has 0 amide bonds. The van der Waals surface area contributed by atoms with E-state index in [4.69, 9.17) is 12.2 Å². The Morgan fingerprint density at radius 3 is 2.78 bits per heavy atom. The fourth-order valence-electron chi connectivity index (χ4n) is 1.63. The van der Waals surface area contributed by atoms with Crippen LogP contribution in [-0.4, -0.2) is 30.0 Å². The summed E-state index contributed by atoms with van der Waals surface area (Å²) in [6.45, 7) is 0.246. The van der Waals surface area contributed by atoms with Gasteiger partial charge in [0, 0.05) is 18.9 Å². The van der Waals surface area contributed by atoms with Crippen molar-refractivity contribution in [3.05, 3.63) is 27.2 Å². The fourth-order valence-corrected chi connectivity index (χ4v) is 2.78. The molecule has 2 aromatic rings. The third-order valence-corrected chi connectivity index (χ3v) is 4.36. The summed E-state index contributed by atoms with van der Waals surface area (Å²) in [7, 11) is -3.07. The lowest BCUT2D eigenvalue weighted by Gasteiger charge is -2.04. The zero-order valence-electron chi connectivity index (χ0n) is 9.41. The second kappa shape index (κ2) is 4.75. The normalized spacial score (nSPS) is 12.2. The summed E-state index contributed by atoms with van der Waals surface area (Å²) < 4.78 is 38.0. The molecule has 0 saturated heterocycles. The van der Waals surface area contributed by atoms with Gasteiger partial charge >= 0.3 is 0 Å². The molecular weight excluding hydrogens is 343 g/mol. The van der Waals surface area contributed by atoms with Gasteiger partial charge in [-0.15, -0.1) is 0 Å². The van der Waals surface area contributed by atoms with Crippen LogP contribution in [0.25, 0.3) is 11.0 Å². The van der Waals surface area contributed by atoms with E-state index in [1.54, 1.807) is 10.6 Å². The van der Waals surface area contributed by atoms with Crippen LogP contribution in [0.15, 0.2) is 16.6 Å². The molecule has 0 saturated carbocycles.